The first kappa shape index (κ1) is 13.8. The highest BCUT2D eigenvalue weighted by molar-refractivity contribution is 8.12. The van der Waals surface area contributed by atoms with E-state index in [-0.39, 0.29) is 0 Å². The average molecular weight is 240 g/mol. The van der Waals surface area contributed by atoms with Crippen LogP contribution in [0.3, 0.4) is 0 Å². The second-order valence-corrected chi connectivity index (χ2v) is 5.54. The van der Waals surface area contributed by atoms with Gasteiger partial charge in [-0.2, -0.15) is 0 Å². The van der Waals surface area contributed by atoms with Crippen molar-refractivity contribution in [3.05, 3.63) is 11.1 Å². The van der Waals surface area contributed by atoms with Gasteiger partial charge in [-0.25, -0.2) is 0 Å². The molecule has 0 amide bonds. The third-order valence-electron chi connectivity index (χ3n) is 3.18. The first-order valence-electron chi connectivity index (χ1n) is 6.20. The van der Waals surface area contributed by atoms with E-state index in [1.807, 2.05) is 12.6 Å². The lowest BCUT2D eigenvalue weighted by Gasteiger charge is -2.16. The number of nitrogens with zero attached hydrogens (tertiary/aromatic N) is 1. The van der Waals surface area contributed by atoms with Crippen molar-refractivity contribution in [1.29, 1.82) is 0 Å². The molecule has 0 aromatic rings. The van der Waals surface area contributed by atoms with Crippen LogP contribution in [0.2, 0.25) is 0 Å². The van der Waals surface area contributed by atoms with Crippen LogP contribution in [0.1, 0.15) is 33.6 Å². The molecule has 0 spiro atoms. The maximum atomic E-state index is 4.63. The van der Waals surface area contributed by atoms with Gasteiger partial charge in [-0.05, 0) is 44.1 Å². The van der Waals surface area contributed by atoms with Crippen molar-refractivity contribution in [3.8, 4) is 0 Å². The van der Waals surface area contributed by atoms with Gasteiger partial charge in [0.15, 0.2) is 0 Å². The number of hydrogen-bond acceptors (Lipinski definition) is 3. The molecule has 1 unspecified atom stereocenters. The molecule has 1 aliphatic rings. The van der Waals surface area contributed by atoms with Crippen molar-refractivity contribution in [2.24, 2.45) is 10.9 Å². The highest BCUT2D eigenvalue weighted by Gasteiger charge is 2.24. The maximum absolute atomic E-state index is 4.63. The maximum Gasteiger partial charge on any atom is 0.0692 e. The smallest absolute Gasteiger partial charge is 0.0692 e. The molecule has 0 aliphatic heterocycles. The number of likely N-dealkylation sites (N-methyl/N-ethyl adjacent to an activating group) is 1. The monoisotopic (exact) mass is 240 g/mol. The summed E-state index contributed by atoms with van der Waals surface area (Å²) in [4.78, 5) is 4.63. The molecule has 2 nitrogen and oxygen atoms in total. The van der Waals surface area contributed by atoms with Crippen molar-refractivity contribution in [2.45, 2.75) is 39.7 Å². The summed E-state index contributed by atoms with van der Waals surface area (Å²) in [6, 6.07) is 0.361. The lowest BCUT2D eigenvalue weighted by atomic mass is 9.97. The van der Waals surface area contributed by atoms with Crippen LogP contribution in [-0.2, 0) is 0 Å². The predicted molar refractivity (Wildman–Crippen MR) is 75.4 cm³/mol. The van der Waals surface area contributed by atoms with Crippen LogP contribution in [0.5, 0.6) is 0 Å². The Morgan fingerprint density at radius 1 is 1.62 bits per heavy atom. The van der Waals surface area contributed by atoms with E-state index in [0.29, 0.717) is 12.0 Å². The van der Waals surface area contributed by atoms with Gasteiger partial charge in [0, 0.05) is 6.54 Å². The minimum atomic E-state index is 0.361. The fourth-order valence-electron chi connectivity index (χ4n) is 2.44. The second-order valence-electron chi connectivity index (χ2n) is 4.41. The van der Waals surface area contributed by atoms with E-state index in [4.69, 9.17) is 0 Å². The van der Waals surface area contributed by atoms with Crippen molar-refractivity contribution in [3.63, 3.8) is 0 Å². The molecule has 2 atom stereocenters. The normalized spacial score (nSPS) is 23.4. The van der Waals surface area contributed by atoms with E-state index in [1.165, 1.54) is 12.8 Å². The zero-order valence-corrected chi connectivity index (χ0v) is 11.7. The van der Waals surface area contributed by atoms with Crippen molar-refractivity contribution < 1.29 is 0 Å². The predicted octanol–water partition coefficient (Wildman–Crippen LogP) is 3.10. The molecular formula is C13H24N2S. The van der Waals surface area contributed by atoms with Crippen LogP contribution in [0.15, 0.2) is 16.1 Å². The molecule has 3 heteroatoms. The molecule has 0 saturated heterocycles. The highest BCUT2D eigenvalue weighted by Crippen LogP contribution is 2.34. The Hall–Kier alpha value is -0.280. The third kappa shape index (κ3) is 3.63. The molecule has 0 aromatic heterocycles. The molecule has 1 rings (SSSR count). The first-order valence-corrected chi connectivity index (χ1v) is 7.25. The second kappa shape index (κ2) is 7.13. The van der Waals surface area contributed by atoms with Gasteiger partial charge in [-0.3, -0.25) is 4.99 Å². The zero-order valence-electron chi connectivity index (χ0n) is 10.9. The molecule has 0 radical (unpaired) electrons. The Balaban J connectivity index is 2.69. The summed E-state index contributed by atoms with van der Waals surface area (Å²) in [6.07, 6.45) is 2.55. The number of hydrogen-bond donors (Lipinski definition) is 1. The Morgan fingerprint density at radius 2 is 2.38 bits per heavy atom. The van der Waals surface area contributed by atoms with Gasteiger partial charge < -0.3 is 5.32 Å². The number of aliphatic imine (C=N–C) groups is 1. The fourth-order valence-corrected chi connectivity index (χ4v) is 2.86. The van der Waals surface area contributed by atoms with Gasteiger partial charge in [-0.1, -0.05) is 19.4 Å². The van der Waals surface area contributed by atoms with Gasteiger partial charge in [0.25, 0.3) is 0 Å². The van der Waals surface area contributed by atoms with Crippen LogP contribution >= 0.6 is 11.8 Å². The van der Waals surface area contributed by atoms with Crippen LogP contribution < -0.4 is 5.32 Å². The minimum absolute atomic E-state index is 0.361. The number of thioether (sulfide) groups is 1. The quantitative estimate of drug-likeness (QED) is 0.438. The van der Waals surface area contributed by atoms with E-state index >= 15 is 0 Å². The summed E-state index contributed by atoms with van der Waals surface area (Å²) >= 11 is 1.78. The summed E-state index contributed by atoms with van der Waals surface area (Å²) in [6.45, 7) is 7.74. The standard InChI is InChI=1S/C13H24N2S/c1-5-16-9-15-11(3)13-10(2)6-7-12(13)8-14-4/h9-11,14H,5-8H2,1-4H3/t10?,11-/m0/s1. The van der Waals surface area contributed by atoms with E-state index in [1.54, 1.807) is 22.9 Å². The summed E-state index contributed by atoms with van der Waals surface area (Å²) in [5.41, 5.74) is 5.17. The number of nitrogens with one attached hydrogen (secondary N) is 1. The summed E-state index contributed by atoms with van der Waals surface area (Å²) in [7, 11) is 2.02. The molecule has 0 saturated carbocycles. The van der Waals surface area contributed by atoms with Crippen molar-refractivity contribution in [1.82, 2.24) is 5.32 Å². The van der Waals surface area contributed by atoms with Crippen LogP contribution in [0, 0.1) is 5.92 Å². The third-order valence-corrected chi connectivity index (χ3v) is 3.79. The molecule has 0 fully saturated rings. The first-order chi connectivity index (χ1) is 7.70. The molecule has 0 bridgehead atoms. The largest absolute Gasteiger partial charge is 0.316 e. The average Bonchev–Trinajstić information content (AvgIpc) is 2.61. The van der Waals surface area contributed by atoms with Crippen LogP contribution in [0.25, 0.3) is 0 Å². The van der Waals surface area contributed by atoms with Crippen LogP contribution in [0.4, 0.5) is 0 Å². The topological polar surface area (TPSA) is 24.4 Å². The molecule has 92 valence electrons. The Kier molecular flexibility index (Phi) is 6.14. The summed E-state index contributed by atoms with van der Waals surface area (Å²) in [5, 5.41) is 3.27. The minimum Gasteiger partial charge on any atom is -0.316 e. The van der Waals surface area contributed by atoms with E-state index in [0.717, 1.165) is 12.3 Å². The Morgan fingerprint density at radius 3 is 3.00 bits per heavy atom. The SMILES string of the molecule is CCSC=N[C@@H](C)C1=C(CNC)CCC1C. The Labute approximate surface area is 104 Å². The Bertz CT molecular complexity index is 271. The highest BCUT2D eigenvalue weighted by atomic mass is 32.2. The fraction of sp³-hybridized carbons (Fsp3) is 0.769. The lowest BCUT2D eigenvalue weighted by molar-refractivity contribution is 0.625. The number of rotatable bonds is 6. The molecule has 1 aliphatic carbocycles. The van der Waals surface area contributed by atoms with E-state index in [9.17, 15) is 0 Å². The van der Waals surface area contributed by atoms with Gasteiger partial charge in [0.05, 0.1) is 11.6 Å². The van der Waals surface area contributed by atoms with Gasteiger partial charge in [-0.15, -0.1) is 11.8 Å². The van der Waals surface area contributed by atoms with E-state index < -0.39 is 0 Å². The zero-order chi connectivity index (χ0) is 12.0. The lowest BCUT2D eigenvalue weighted by Crippen LogP contribution is -2.15. The molecule has 0 aromatic carbocycles. The van der Waals surface area contributed by atoms with Crippen molar-refractivity contribution in [2.75, 3.05) is 19.3 Å². The van der Waals surface area contributed by atoms with Crippen molar-refractivity contribution >= 4 is 17.3 Å². The van der Waals surface area contributed by atoms with Gasteiger partial charge in [0.1, 0.15) is 0 Å². The van der Waals surface area contributed by atoms with Gasteiger partial charge in [0.2, 0.25) is 0 Å². The summed E-state index contributed by atoms with van der Waals surface area (Å²) in [5.74, 6) is 1.82. The molecule has 0 heterocycles. The summed E-state index contributed by atoms with van der Waals surface area (Å²) < 4.78 is 0. The van der Waals surface area contributed by atoms with Gasteiger partial charge >= 0.3 is 0 Å². The molecular weight excluding hydrogens is 216 g/mol. The van der Waals surface area contributed by atoms with E-state index in [2.05, 4.69) is 31.1 Å². The molecule has 1 N–H and O–H groups in total. The van der Waals surface area contributed by atoms with Crippen LogP contribution in [-0.4, -0.2) is 30.9 Å². The molecule has 16 heavy (non-hydrogen) atoms.